The van der Waals surface area contributed by atoms with Crippen molar-refractivity contribution in [2.45, 2.75) is 27.4 Å². The van der Waals surface area contributed by atoms with Crippen molar-refractivity contribution in [1.82, 2.24) is 14.5 Å². The minimum absolute atomic E-state index is 0.185. The van der Waals surface area contributed by atoms with E-state index in [1.165, 1.54) is 51.3 Å². The quantitative estimate of drug-likeness (QED) is 0.609. The second kappa shape index (κ2) is 9.70. The van der Waals surface area contributed by atoms with Crippen molar-refractivity contribution in [2.75, 3.05) is 30.4 Å². The highest BCUT2D eigenvalue weighted by molar-refractivity contribution is 8.03. The summed E-state index contributed by atoms with van der Waals surface area (Å²) in [6, 6.07) is 6.20. The molecule has 0 radical (unpaired) electrons. The fourth-order valence-corrected chi connectivity index (χ4v) is 5.78. The molecule has 0 unspecified atom stereocenters. The number of benzene rings is 1. The van der Waals surface area contributed by atoms with E-state index in [0.717, 1.165) is 8.68 Å². The Hall–Kier alpha value is -1.14. The number of carbonyl (C=O) groups is 1. The molecular weight excluding hydrogens is 412 g/mol. The van der Waals surface area contributed by atoms with E-state index in [1.807, 2.05) is 6.26 Å². The van der Waals surface area contributed by atoms with E-state index >= 15 is 0 Å². The first-order valence-corrected chi connectivity index (χ1v) is 12.3. The number of sulfonamides is 1. The SMILES string of the molecule is CCN(CC)S(=O)(=O)c1ccc(NC(=O)CSc2nnc(SC)s2)cc1. The van der Waals surface area contributed by atoms with Gasteiger partial charge in [-0.2, -0.15) is 4.31 Å². The molecule has 0 aliphatic rings. The van der Waals surface area contributed by atoms with Crippen LogP contribution in [0.15, 0.2) is 37.8 Å². The maximum absolute atomic E-state index is 12.4. The van der Waals surface area contributed by atoms with Gasteiger partial charge >= 0.3 is 0 Å². The van der Waals surface area contributed by atoms with E-state index in [2.05, 4.69) is 15.5 Å². The van der Waals surface area contributed by atoms with Crippen LogP contribution in [0.3, 0.4) is 0 Å². The maximum Gasteiger partial charge on any atom is 0.243 e. The zero-order valence-corrected chi connectivity index (χ0v) is 17.9. The molecule has 0 aliphatic carbocycles. The Morgan fingerprint density at radius 1 is 1.15 bits per heavy atom. The molecule has 0 atom stereocenters. The normalized spacial score (nSPS) is 11.7. The summed E-state index contributed by atoms with van der Waals surface area (Å²) in [7, 11) is -3.49. The minimum Gasteiger partial charge on any atom is -0.325 e. The summed E-state index contributed by atoms with van der Waals surface area (Å²) in [5, 5.41) is 10.7. The van der Waals surface area contributed by atoms with Gasteiger partial charge in [0, 0.05) is 18.8 Å². The summed E-state index contributed by atoms with van der Waals surface area (Å²) in [5.74, 6) is 0.0259. The third kappa shape index (κ3) is 5.43. The largest absolute Gasteiger partial charge is 0.325 e. The number of nitrogens with zero attached hydrogens (tertiary/aromatic N) is 3. The zero-order valence-electron chi connectivity index (χ0n) is 14.6. The Bertz CT molecular complexity index is 833. The summed E-state index contributed by atoms with van der Waals surface area (Å²) < 4.78 is 27.9. The molecule has 0 fully saturated rings. The smallest absolute Gasteiger partial charge is 0.243 e. The van der Waals surface area contributed by atoms with Crippen molar-refractivity contribution >= 4 is 56.5 Å². The Kier molecular flexibility index (Phi) is 7.89. The van der Waals surface area contributed by atoms with Gasteiger partial charge in [0.2, 0.25) is 15.9 Å². The van der Waals surface area contributed by atoms with E-state index in [4.69, 9.17) is 0 Å². The Morgan fingerprint density at radius 3 is 2.31 bits per heavy atom. The highest BCUT2D eigenvalue weighted by atomic mass is 32.2. The number of rotatable bonds is 9. The molecule has 0 aliphatic heterocycles. The number of anilines is 1. The first-order chi connectivity index (χ1) is 12.4. The van der Waals surface area contributed by atoms with E-state index in [1.54, 1.807) is 26.0 Å². The molecule has 0 saturated heterocycles. The molecule has 0 saturated carbocycles. The van der Waals surface area contributed by atoms with Gasteiger partial charge < -0.3 is 5.32 Å². The molecule has 1 aromatic carbocycles. The average Bonchev–Trinajstić information content (AvgIpc) is 3.09. The molecule has 142 valence electrons. The molecule has 2 aromatic rings. The lowest BCUT2D eigenvalue weighted by Gasteiger charge is -2.18. The van der Waals surface area contributed by atoms with Crippen molar-refractivity contribution < 1.29 is 13.2 Å². The van der Waals surface area contributed by atoms with E-state index in [0.29, 0.717) is 18.8 Å². The van der Waals surface area contributed by atoms with Crippen LogP contribution in [-0.2, 0) is 14.8 Å². The van der Waals surface area contributed by atoms with E-state index < -0.39 is 10.0 Å². The lowest BCUT2D eigenvalue weighted by molar-refractivity contribution is -0.113. The van der Waals surface area contributed by atoms with Gasteiger partial charge in [-0.3, -0.25) is 4.79 Å². The van der Waals surface area contributed by atoms with Crippen molar-refractivity contribution in [2.24, 2.45) is 0 Å². The van der Waals surface area contributed by atoms with Crippen LogP contribution < -0.4 is 5.32 Å². The van der Waals surface area contributed by atoms with Crippen LogP contribution in [0.1, 0.15) is 13.8 Å². The van der Waals surface area contributed by atoms with Gasteiger partial charge in [-0.1, -0.05) is 48.7 Å². The summed E-state index contributed by atoms with van der Waals surface area (Å²) in [5.41, 5.74) is 0.552. The van der Waals surface area contributed by atoms with E-state index in [-0.39, 0.29) is 16.6 Å². The monoisotopic (exact) mass is 432 g/mol. The molecule has 7 nitrogen and oxygen atoms in total. The average molecular weight is 433 g/mol. The van der Waals surface area contributed by atoms with Crippen LogP contribution in [0.5, 0.6) is 0 Å². The second-order valence-corrected chi connectivity index (χ2v) is 10.2. The topological polar surface area (TPSA) is 92.3 Å². The minimum atomic E-state index is -3.49. The summed E-state index contributed by atoms with van der Waals surface area (Å²) >= 11 is 4.28. The fourth-order valence-electron chi connectivity index (χ4n) is 2.09. The van der Waals surface area contributed by atoms with Gasteiger partial charge in [-0.05, 0) is 30.5 Å². The molecule has 2 rings (SSSR count). The lowest BCUT2D eigenvalue weighted by Crippen LogP contribution is -2.30. The molecule has 1 N–H and O–H groups in total. The number of amides is 1. The van der Waals surface area contributed by atoms with Crippen LogP contribution in [0.2, 0.25) is 0 Å². The number of hydrogen-bond acceptors (Lipinski definition) is 8. The Balaban J connectivity index is 1.94. The summed E-state index contributed by atoms with van der Waals surface area (Å²) in [6.45, 7) is 4.43. The van der Waals surface area contributed by atoms with Gasteiger partial charge in [0.15, 0.2) is 8.68 Å². The van der Waals surface area contributed by atoms with Crippen molar-refractivity contribution in [3.8, 4) is 0 Å². The third-order valence-electron chi connectivity index (χ3n) is 3.37. The van der Waals surface area contributed by atoms with Crippen molar-refractivity contribution in [3.05, 3.63) is 24.3 Å². The van der Waals surface area contributed by atoms with E-state index in [9.17, 15) is 13.2 Å². The first kappa shape index (κ1) is 21.2. The molecule has 1 amide bonds. The van der Waals surface area contributed by atoms with Gasteiger partial charge in [0.05, 0.1) is 10.6 Å². The lowest BCUT2D eigenvalue weighted by atomic mass is 10.3. The molecule has 0 bridgehead atoms. The van der Waals surface area contributed by atoms with Crippen molar-refractivity contribution in [1.29, 1.82) is 0 Å². The van der Waals surface area contributed by atoms with Crippen LogP contribution in [0, 0.1) is 0 Å². The number of hydrogen-bond donors (Lipinski definition) is 1. The predicted molar refractivity (Wildman–Crippen MR) is 108 cm³/mol. The molecular formula is C15H20N4O3S4. The molecule has 26 heavy (non-hydrogen) atoms. The van der Waals surface area contributed by atoms with Crippen LogP contribution in [-0.4, -0.2) is 53.9 Å². The number of thioether (sulfide) groups is 2. The number of carbonyl (C=O) groups excluding carboxylic acids is 1. The fraction of sp³-hybridized carbons (Fsp3) is 0.400. The molecule has 1 aromatic heterocycles. The van der Waals surface area contributed by atoms with Crippen molar-refractivity contribution in [3.63, 3.8) is 0 Å². The number of nitrogens with one attached hydrogen (secondary N) is 1. The molecule has 0 spiro atoms. The Morgan fingerprint density at radius 2 is 1.77 bits per heavy atom. The first-order valence-electron chi connectivity index (χ1n) is 7.81. The maximum atomic E-state index is 12.4. The standard InChI is InChI=1S/C15H20N4O3S4/c1-4-19(5-2)26(21,22)12-8-6-11(7-9-12)16-13(20)10-24-15-18-17-14(23-3)25-15/h6-9H,4-5,10H2,1-3H3,(H,16,20). The number of aromatic nitrogens is 2. The summed E-state index contributed by atoms with van der Waals surface area (Å²) in [6.07, 6.45) is 1.92. The van der Waals surface area contributed by atoms with Gasteiger partial charge in [0.25, 0.3) is 0 Å². The second-order valence-electron chi connectivity index (χ2n) is 4.99. The van der Waals surface area contributed by atoms with Gasteiger partial charge in [-0.25, -0.2) is 8.42 Å². The third-order valence-corrected chi connectivity index (χ3v) is 8.47. The molecule has 11 heteroatoms. The van der Waals surface area contributed by atoms with Gasteiger partial charge in [0.1, 0.15) is 0 Å². The predicted octanol–water partition coefficient (Wildman–Crippen LogP) is 3.02. The zero-order chi connectivity index (χ0) is 19.2. The molecule has 1 heterocycles. The van der Waals surface area contributed by atoms with Crippen LogP contribution in [0.4, 0.5) is 5.69 Å². The Labute approximate surface area is 166 Å². The highest BCUT2D eigenvalue weighted by Crippen LogP contribution is 2.27. The van der Waals surface area contributed by atoms with Crippen LogP contribution >= 0.6 is 34.9 Å². The summed E-state index contributed by atoms with van der Waals surface area (Å²) in [4.78, 5) is 12.3. The highest BCUT2D eigenvalue weighted by Gasteiger charge is 2.21. The van der Waals surface area contributed by atoms with Gasteiger partial charge in [-0.15, -0.1) is 10.2 Å². The van der Waals surface area contributed by atoms with Crippen LogP contribution in [0.25, 0.3) is 0 Å².